The predicted octanol–water partition coefficient (Wildman–Crippen LogP) is 2.25. The lowest BCUT2D eigenvalue weighted by Gasteiger charge is -2.12. The van der Waals surface area contributed by atoms with Gasteiger partial charge in [-0.2, -0.15) is 0 Å². The molecular formula is C18H19N3O4S. The lowest BCUT2D eigenvalue weighted by molar-refractivity contribution is 0.102. The number of nitrogens with one attached hydrogen (secondary N) is 3. The average molecular weight is 373 g/mol. The molecule has 1 aliphatic rings. The summed E-state index contributed by atoms with van der Waals surface area (Å²) >= 11 is 0. The fourth-order valence-corrected chi connectivity index (χ4v) is 4.40. The number of urea groups is 1. The van der Waals surface area contributed by atoms with E-state index in [-0.39, 0.29) is 23.5 Å². The first kappa shape index (κ1) is 17.9. The third-order valence-electron chi connectivity index (χ3n) is 3.98. The Morgan fingerprint density at radius 2 is 1.65 bits per heavy atom. The monoisotopic (exact) mass is 373 g/mol. The minimum absolute atomic E-state index is 0.0417. The number of carbonyl (C=O) groups excluding carboxylic acids is 2. The molecule has 0 saturated carbocycles. The molecule has 3 rings (SSSR count). The van der Waals surface area contributed by atoms with Crippen LogP contribution in [0.2, 0.25) is 0 Å². The molecule has 26 heavy (non-hydrogen) atoms. The summed E-state index contributed by atoms with van der Waals surface area (Å²) in [5.74, 6) is -0.241. The molecular weight excluding hydrogens is 354 g/mol. The van der Waals surface area contributed by atoms with Crippen LogP contribution < -0.4 is 16.0 Å². The number of hydrogen-bond acceptors (Lipinski definition) is 4. The van der Waals surface area contributed by atoms with Gasteiger partial charge in [0.2, 0.25) is 0 Å². The van der Waals surface area contributed by atoms with Crippen molar-refractivity contribution in [2.75, 3.05) is 22.1 Å². The zero-order valence-electron chi connectivity index (χ0n) is 13.9. The molecule has 0 spiro atoms. The highest BCUT2D eigenvalue weighted by atomic mass is 32.2. The highest BCUT2D eigenvalue weighted by Crippen LogP contribution is 2.15. The van der Waals surface area contributed by atoms with Gasteiger partial charge in [0.1, 0.15) is 0 Å². The molecule has 0 bridgehead atoms. The Labute approximate surface area is 151 Å². The van der Waals surface area contributed by atoms with Crippen molar-refractivity contribution in [2.45, 2.75) is 12.5 Å². The summed E-state index contributed by atoms with van der Waals surface area (Å²) in [5, 5.41) is 8.04. The molecule has 1 aliphatic heterocycles. The smallest absolute Gasteiger partial charge is 0.319 e. The van der Waals surface area contributed by atoms with E-state index in [1.54, 1.807) is 36.4 Å². The summed E-state index contributed by atoms with van der Waals surface area (Å²) < 4.78 is 22.9. The number of sulfone groups is 1. The Morgan fingerprint density at radius 3 is 2.35 bits per heavy atom. The fourth-order valence-electron chi connectivity index (χ4n) is 2.72. The second-order valence-corrected chi connectivity index (χ2v) is 8.33. The third-order valence-corrected chi connectivity index (χ3v) is 5.75. The van der Waals surface area contributed by atoms with Crippen molar-refractivity contribution in [3.05, 3.63) is 60.2 Å². The van der Waals surface area contributed by atoms with Gasteiger partial charge in [0.05, 0.1) is 11.5 Å². The molecule has 3 amide bonds. The van der Waals surface area contributed by atoms with E-state index in [4.69, 9.17) is 0 Å². The van der Waals surface area contributed by atoms with E-state index in [0.717, 1.165) is 0 Å². The van der Waals surface area contributed by atoms with Gasteiger partial charge in [-0.1, -0.05) is 24.3 Å². The molecule has 3 N–H and O–H groups in total. The number of benzene rings is 2. The van der Waals surface area contributed by atoms with Gasteiger partial charge in [-0.15, -0.1) is 0 Å². The Kier molecular flexibility index (Phi) is 5.22. The Bertz CT molecular complexity index is 913. The van der Waals surface area contributed by atoms with Gasteiger partial charge in [0, 0.05) is 23.0 Å². The van der Waals surface area contributed by atoms with Crippen molar-refractivity contribution in [3.63, 3.8) is 0 Å². The molecule has 7 nitrogen and oxygen atoms in total. The van der Waals surface area contributed by atoms with E-state index in [1.807, 2.05) is 18.2 Å². The second kappa shape index (κ2) is 7.57. The highest BCUT2D eigenvalue weighted by Gasteiger charge is 2.28. The zero-order chi connectivity index (χ0) is 18.6. The molecule has 136 valence electrons. The molecule has 0 aliphatic carbocycles. The molecule has 8 heteroatoms. The first-order valence-electron chi connectivity index (χ1n) is 8.16. The average Bonchev–Trinajstić information content (AvgIpc) is 2.94. The zero-order valence-corrected chi connectivity index (χ0v) is 14.8. The Morgan fingerprint density at radius 1 is 0.923 bits per heavy atom. The molecule has 1 atom stereocenters. The quantitative estimate of drug-likeness (QED) is 0.764. The number of hydrogen-bond donors (Lipinski definition) is 3. The van der Waals surface area contributed by atoms with Crippen LogP contribution in [-0.2, 0) is 9.84 Å². The van der Waals surface area contributed by atoms with E-state index < -0.39 is 15.9 Å². The van der Waals surface area contributed by atoms with Gasteiger partial charge in [-0.25, -0.2) is 13.2 Å². The summed E-state index contributed by atoms with van der Waals surface area (Å²) in [6.45, 7) is 0. The van der Waals surface area contributed by atoms with Crippen LogP contribution in [0.4, 0.5) is 16.2 Å². The van der Waals surface area contributed by atoms with Crippen molar-refractivity contribution in [3.8, 4) is 0 Å². The van der Waals surface area contributed by atoms with Crippen LogP contribution in [-0.4, -0.2) is 37.9 Å². The van der Waals surface area contributed by atoms with Crippen LogP contribution >= 0.6 is 0 Å². The normalized spacial score (nSPS) is 18.1. The summed E-state index contributed by atoms with van der Waals surface area (Å²) in [6, 6.07) is 14.7. The third kappa shape index (κ3) is 4.82. The molecule has 0 aromatic heterocycles. The minimum Gasteiger partial charge on any atom is -0.334 e. The maximum atomic E-state index is 12.3. The first-order chi connectivity index (χ1) is 12.4. The van der Waals surface area contributed by atoms with Crippen LogP contribution in [0.3, 0.4) is 0 Å². The maximum Gasteiger partial charge on any atom is 0.319 e. The molecule has 1 heterocycles. The fraction of sp³-hybridized carbons (Fsp3) is 0.222. The van der Waals surface area contributed by atoms with Crippen LogP contribution in [0.1, 0.15) is 16.8 Å². The van der Waals surface area contributed by atoms with E-state index in [0.29, 0.717) is 23.4 Å². The van der Waals surface area contributed by atoms with Crippen molar-refractivity contribution in [1.29, 1.82) is 0 Å². The highest BCUT2D eigenvalue weighted by molar-refractivity contribution is 7.91. The summed E-state index contributed by atoms with van der Waals surface area (Å²) in [6.07, 6.45) is 0.412. The first-order valence-corrected chi connectivity index (χ1v) is 9.98. The summed E-state index contributed by atoms with van der Waals surface area (Å²) in [5.41, 5.74) is 1.52. The number of anilines is 2. The number of carbonyl (C=O) groups is 2. The molecule has 0 unspecified atom stereocenters. The van der Waals surface area contributed by atoms with Crippen LogP contribution in [0.25, 0.3) is 0 Å². The van der Waals surface area contributed by atoms with E-state index in [9.17, 15) is 18.0 Å². The van der Waals surface area contributed by atoms with E-state index >= 15 is 0 Å². The molecule has 0 radical (unpaired) electrons. The number of amides is 3. The molecule has 1 fully saturated rings. The predicted molar refractivity (Wildman–Crippen MR) is 100 cm³/mol. The van der Waals surface area contributed by atoms with Crippen molar-refractivity contribution < 1.29 is 18.0 Å². The van der Waals surface area contributed by atoms with E-state index in [1.165, 1.54) is 0 Å². The number of rotatable bonds is 4. The van der Waals surface area contributed by atoms with Gasteiger partial charge in [0.15, 0.2) is 9.84 Å². The van der Waals surface area contributed by atoms with Gasteiger partial charge in [0.25, 0.3) is 5.91 Å². The molecule has 2 aromatic rings. The van der Waals surface area contributed by atoms with Gasteiger partial charge in [-0.05, 0) is 36.8 Å². The van der Waals surface area contributed by atoms with Crippen molar-refractivity contribution in [1.82, 2.24) is 5.32 Å². The molecule has 1 saturated heterocycles. The van der Waals surface area contributed by atoms with Crippen LogP contribution in [0.15, 0.2) is 54.6 Å². The largest absolute Gasteiger partial charge is 0.334 e. The Balaban J connectivity index is 1.60. The van der Waals surface area contributed by atoms with Crippen LogP contribution in [0, 0.1) is 0 Å². The van der Waals surface area contributed by atoms with Gasteiger partial charge >= 0.3 is 6.03 Å². The summed E-state index contributed by atoms with van der Waals surface area (Å²) in [7, 11) is -3.06. The second-order valence-electron chi connectivity index (χ2n) is 6.10. The van der Waals surface area contributed by atoms with Crippen molar-refractivity contribution >= 4 is 33.2 Å². The lowest BCUT2D eigenvalue weighted by Crippen LogP contribution is -2.38. The standard InChI is InChI=1S/C18H19N3O4S/c22-17(19-14-6-2-1-3-7-14)13-5-4-8-15(11-13)20-18(23)21-16-9-10-26(24,25)12-16/h1-8,11,16H,9-10,12H2,(H,19,22)(H2,20,21,23)/t16-/m0/s1. The Hall–Kier alpha value is -2.87. The van der Waals surface area contributed by atoms with Gasteiger partial charge in [-0.3, -0.25) is 4.79 Å². The topological polar surface area (TPSA) is 104 Å². The summed E-state index contributed by atoms with van der Waals surface area (Å²) in [4.78, 5) is 24.3. The van der Waals surface area contributed by atoms with Crippen LogP contribution in [0.5, 0.6) is 0 Å². The van der Waals surface area contributed by atoms with Crippen molar-refractivity contribution in [2.24, 2.45) is 0 Å². The molecule has 2 aromatic carbocycles. The SMILES string of the molecule is O=C(Nc1cccc(C(=O)Nc2ccccc2)c1)N[C@H]1CCS(=O)(=O)C1. The number of para-hydroxylation sites is 1. The minimum atomic E-state index is -3.06. The van der Waals surface area contributed by atoms with Gasteiger partial charge < -0.3 is 16.0 Å². The van der Waals surface area contributed by atoms with E-state index in [2.05, 4.69) is 16.0 Å². The maximum absolute atomic E-state index is 12.3. The lowest BCUT2D eigenvalue weighted by atomic mass is 10.2.